The SMILES string of the molecule is Cc1c(C(=O)N(C)C)oc2c1/C(=N/NC(N)=S)CCC2. The highest BCUT2D eigenvalue weighted by molar-refractivity contribution is 7.80. The lowest BCUT2D eigenvalue weighted by Crippen LogP contribution is -2.26. The minimum atomic E-state index is -0.140. The van der Waals surface area contributed by atoms with E-state index in [4.69, 9.17) is 22.4 Å². The van der Waals surface area contributed by atoms with E-state index in [1.54, 1.807) is 14.1 Å². The van der Waals surface area contributed by atoms with Gasteiger partial charge in [-0.1, -0.05) is 0 Å². The second-order valence-electron chi connectivity index (χ2n) is 4.94. The molecule has 0 saturated carbocycles. The van der Waals surface area contributed by atoms with Crippen molar-refractivity contribution >= 4 is 28.9 Å². The Balaban J connectivity index is 2.44. The van der Waals surface area contributed by atoms with E-state index in [1.165, 1.54) is 4.90 Å². The van der Waals surface area contributed by atoms with Crippen LogP contribution in [0.3, 0.4) is 0 Å². The van der Waals surface area contributed by atoms with Crippen LogP contribution in [0.5, 0.6) is 0 Å². The quantitative estimate of drug-likeness (QED) is 0.632. The summed E-state index contributed by atoms with van der Waals surface area (Å²) in [6, 6.07) is 0. The number of carbonyl (C=O) groups excluding carboxylic acids is 1. The summed E-state index contributed by atoms with van der Waals surface area (Å²) in [6.45, 7) is 1.88. The Morgan fingerprint density at radius 3 is 2.75 bits per heavy atom. The normalized spacial score (nSPS) is 15.8. The van der Waals surface area contributed by atoms with Crippen molar-refractivity contribution in [1.29, 1.82) is 0 Å². The first kappa shape index (κ1) is 14.5. The second kappa shape index (κ2) is 5.62. The van der Waals surface area contributed by atoms with Crippen LogP contribution in [0.25, 0.3) is 0 Å². The molecule has 1 heterocycles. The highest BCUT2D eigenvalue weighted by Gasteiger charge is 2.28. The lowest BCUT2D eigenvalue weighted by molar-refractivity contribution is 0.0794. The average Bonchev–Trinajstić information content (AvgIpc) is 2.73. The highest BCUT2D eigenvalue weighted by atomic mass is 32.1. The van der Waals surface area contributed by atoms with Crippen molar-refractivity contribution in [3.05, 3.63) is 22.6 Å². The molecular formula is C13H18N4O2S. The smallest absolute Gasteiger partial charge is 0.289 e. The molecule has 0 bridgehead atoms. The summed E-state index contributed by atoms with van der Waals surface area (Å²) in [6.07, 6.45) is 2.54. The number of nitrogens with two attached hydrogens (primary N) is 1. The van der Waals surface area contributed by atoms with E-state index in [2.05, 4.69) is 10.5 Å². The molecule has 108 valence electrons. The Labute approximate surface area is 123 Å². The van der Waals surface area contributed by atoms with Crippen molar-refractivity contribution in [2.45, 2.75) is 26.2 Å². The molecule has 0 fully saturated rings. The number of nitrogens with zero attached hydrogens (tertiary/aromatic N) is 2. The first-order valence-electron chi connectivity index (χ1n) is 6.38. The van der Waals surface area contributed by atoms with E-state index in [0.29, 0.717) is 5.76 Å². The molecule has 0 aliphatic heterocycles. The molecule has 20 heavy (non-hydrogen) atoms. The Morgan fingerprint density at radius 1 is 1.45 bits per heavy atom. The molecule has 0 atom stereocenters. The number of amides is 1. The first-order chi connectivity index (χ1) is 9.41. The van der Waals surface area contributed by atoms with Gasteiger partial charge in [0.15, 0.2) is 10.9 Å². The minimum absolute atomic E-state index is 0.121. The number of carbonyl (C=O) groups is 1. The van der Waals surface area contributed by atoms with Crippen molar-refractivity contribution < 1.29 is 9.21 Å². The molecule has 0 aromatic carbocycles. The van der Waals surface area contributed by atoms with Gasteiger partial charge >= 0.3 is 0 Å². The van der Waals surface area contributed by atoms with Gasteiger partial charge in [-0.15, -0.1) is 0 Å². The van der Waals surface area contributed by atoms with Crippen LogP contribution in [0.2, 0.25) is 0 Å². The van der Waals surface area contributed by atoms with Crippen LogP contribution in [0.1, 0.15) is 40.3 Å². The van der Waals surface area contributed by atoms with Gasteiger partial charge in [-0.05, 0) is 32.0 Å². The molecule has 1 aromatic heterocycles. The van der Waals surface area contributed by atoms with Gasteiger partial charge < -0.3 is 15.1 Å². The Bertz CT molecular complexity index is 589. The average molecular weight is 294 g/mol. The Morgan fingerprint density at radius 2 is 2.15 bits per heavy atom. The minimum Gasteiger partial charge on any atom is -0.455 e. The third-order valence-corrected chi connectivity index (χ3v) is 3.32. The van der Waals surface area contributed by atoms with Crippen molar-refractivity contribution in [3.8, 4) is 0 Å². The Kier molecular flexibility index (Phi) is 4.08. The van der Waals surface area contributed by atoms with Crippen LogP contribution < -0.4 is 11.2 Å². The lowest BCUT2D eigenvalue weighted by atomic mass is 9.93. The van der Waals surface area contributed by atoms with E-state index < -0.39 is 0 Å². The summed E-state index contributed by atoms with van der Waals surface area (Å²) < 4.78 is 5.73. The van der Waals surface area contributed by atoms with Gasteiger partial charge in [0.05, 0.1) is 5.71 Å². The zero-order valence-corrected chi connectivity index (χ0v) is 12.6. The van der Waals surface area contributed by atoms with Crippen LogP contribution in [-0.4, -0.2) is 35.7 Å². The number of thiocarbonyl (C=S) groups is 1. The predicted molar refractivity (Wildman–Crippen MR) is 80.9 cm³/mol. The molecule has 1 aliphatic carbocycles. The molecule has 6 nitrogen and oxygen atoms in total. The molecule has 2 rings (SSSR count). The third-order valence-electron chi connectivity index (χ3n) is 3.23. The summed E-state index contributed by atoms with van der Waals surface area (Å²) in [5.41, 5.74) is 10.6. The predicted octanol–water partition coefficient (Wildman–Crippen LogP) is 1.16. The van der Waals surface area contributed by atoms with Crippen molar-refractivity contribution in [2.75, 3.05) is 14.1 Å². The lowest BCUT2D eigenvalue weighted by Gasteiger charge is -2.13. The van der Waals surface area contributed by atoms with E-state index in [1.807, 2.05) is 6.92 Å². The maximum atomic E-state index is 12.1. The fraction of sp³-hybridized carbons (Fsp3) is 0.462. The topological polar surface area (TPSA) is 83.9 Å². The van der Waals surface area contributed by atoms with Gasteiger partial charge in [0.25, 0.3) is 5.91 Å². The van der Waals surface area contributed by atoms with E-state index >= 15 is 0 Å². The van der Waals surface area contributed by atoms with E-state index in [0.717, 1.165) is 41.9 Å². The molecule has 1 aliphatic rings. The maximum Gasteiger partial charge on any atom is 0.289 e. The summed E-state index contributed by atoms with van der Waals surface area (Å²) >= 11 is 4.75. The van der Waals surface area contributed by atoms with Crippen LogP contribution >= 0.6 is 12.2 Å². The number of fused-ring (bicyclic) bond motifs is 1. The van der Waals surface area contributed by atoms with Crippen molar-refractivity contribution in [3.63, 3.8) is 0 Å². The fourth-order valence-electron chi connectivity index (χ4n) is 2.31. The number of furan rings is 1. The third kappa shape index (κ3) is 2.67. The number of hydrazone groups is 1. The number of nitrogens with one attached hydrogen (secondary N) is 1. The van der Waals surface area contributed by atoms with Crippen LogP contribution in [0.15, 0.2) is 9.52 Å². The molecular weight excluding hydrogens is 276 g/mol. The molecule has 0 saturated heterocycles. The Hall–Kier alpha value is -1.89. The van der Waals surface area contributed by atoms with E-state index in [9.17, 15) is 4.79 Å². The molecule has 0 spiro atoms. The maximum absolute atomic E-state index is 12.1. The molecule has 7 heteroatoms. The molecule has 1 aromatic rings. The number of aryl methyl sites for hydroxylation is 1. The molecule has 0 unspecified atom stereocenters. The molecule has 1 amide bonds. The van der Waals surface area contributed by atoms with Crippen molar-refractivity contribution in [2.24, 2.45) is 10.8 Å². The van der Waals surface area contributed by atoms with Crippen LogP contribution in [0.4, 0.5) is 0 Å². The number of rotatable bonds is 2. The van der Waals surface area contributed by atoms with Crippen LogP contribution in [0, 0.1) is 6.92 Å². The highest BCUT2D eigenvalue weighted by Crippen LogP contribution is 2.30. The summed E-state index contributed by atoms with van der Waals surface area (Å²) in [5, 5.41) is 4.34. The van der Waals surface area contributed by atoms with Gasteiger partial charge in [0, 0.05) is 31.6 Å². The van der Waals surface area contributed by atoms with E-state index in [-0.39, 0.29) is 11.0 Å². The summed E-state index contributed by atoms with van der Waals surface area (Å²) in [5.74, 6) is 1.05. The van der Waals surface area contributed by atoms with Crippen LogP contribution in [-0.2, 0) is 6.42 Å². The zero-order chi connectivity index (χ0) is 14.9. The molecule has 0 radical (unpaired) electrons. The fourth-order valence-corrected chi connectivity index (χ4v) is 2.36. The standard InChI is InChI=1S/C13H18N4O2S/c1-7-10-8(15-16-13(14)20)5-4-6-9(10)19-11(7)12(18)17(2)3/h4-6H2,1-3H3,(H3,14,16,20)/b15-8+. The summed E-state index contributed by atoms with van der Waals surface area (Å²) in [7, 11) is 3.40. The monoisotopic (exact) mass is 294 g/mol. The van der Waals surface area contributed by atoms with Crippen molar-refractivity contribution in [1.82, 2.24) is 10.3 Å². The van der Waals surface area contributed by atoms with Gasteiger partial charge in [0.2, 0.25) is 0 Å². The second-order valence-corrected chi connectivity index (χ2v) is 5.38. The summed E-state index contributed by atoms with van der Waals surface area (Å²) in [4.78, 5) is 13.6. The number of hydrogen-bond acceptors (Lipinski definition) is 4. The van der Waals surface area contributed by atoms with Gasteiger partial charge in [-0.3, -0.25) is 10.2 Å². The first-order valence-corrected chi connectivity index (χ1v) is 6.79. The van der Waals surface area contributed by atoms with Gasteiger partial charge in [-0.25, -0.2) is 0 Å². The zero-order valence-electron chi connectivity index (χ0n) is 11.8. The molecule has 3 N–H and O–H groups in total. The number of hydrogen-bond donors (Lipinski definition) is 2. The van der Waals surface area contributed by atoms with Gasteiger partial charge in [-0.2, -0.15) is 5.10 Å². The largest absolute Gasteiger partial charge is 0.455 e. The van der Waals surface area contributed by atoms with Gasteiger partial charge in [0.1, 0.15) is 5.76 Å².